The number of amides is 1. The Kier molecular flexibility index (Phi) is 4.60. The predicted molar refractivity (Wildman–Crippen MR) is 95.8 cm³/mol. The molecule has 1 aromatic heterocycles. The Morgan fingerprint density at radius 2 is 1.88 bits per heavy atom. The van der Waals surface area contributed by atoms with E-state index in [9.17, 15) is 9.59 Å². The third-order valence-corrected chi connectivity index (χ3v) is 4.64. The van der Waals surface area contributed by atoms with Gasteiger partial charge in [-0.05, 0) is 43.4 Å². The summed E-state index contributed by atoms with van der Waals surface area (Å²) >= 11 is 0. The van der Waals surface area contributed by atoms with Crippen LogP contribution in [0, 0.1) is 0 Å². The zero-order chi connectivity index (χ0) is 17.9. The van der Waals surface area contributed by atoms with E-state index in [1.807, 2.05) is 0 Å². The summed E-state index contributed by atoms with van der Waals surface area (Å²) in [7, 11) is 0. The quantitative estimate of drug-likeness (QED) is 0.851. The minimum Gasteiger partial charge on any atom is -0.486 e. The number of carbonyl (C=O) groups is 1. The molecule has 0 radical (unpaired) electrons. The van der Waals surface area contributed by atoms with Crippen molar-refractivity contribution in [3.05, 3.63) is 45.9 Å². The van der Waals surface area contributed by atoms with E-state index in [-0.39, 0.29) is 18.0 Å². The lowest BCUT2D eigenvalue weighted by Gasteiger charge is -2.19. The highest BCUT2D eigenvalue weighted by molar-refractivity contribution is 5.90. The summed E-state index contributed by atoms with van der Waals surface area (Å²) in [5.74, 6) is 0.970. The van der Waals surface area contributed by atoms with Gasteiger partial charge in [0.1, 0.15) is 19.8 Å². The zero-order valence-electron chi connectivity index (χ0n) is 14.5. The first kappa shape index (κ1) is 16.6. The van der Waals surface area contributed by atoms with E-state index in [1.165, 1.54) is 4.68 Å². The van der Waals surface area contributed by atoms with Crippen LogP contribution in [0.1, 0.15) is 30.5 Å². The molecule has 2 heterocycles. The van der Waals surface area contributed by atoms with E-state index in [0.717, 1.165) is 43.4 Å². The Labute approximate surface area is 150 Å². The van der Waals surface area contributed by atoms with Crippen molar-refractivity contribution >= 4 is 11.6 Å². The minimum atomic E-state index is -0.301. The summed E-state index contributed by atoms with van der Waals surface area (Å²) in [6.45, 7) is 0.894. The molecule has 2 aromatic rings. The first-order valence-corrected chi connectivity index (χ1v) is 8.98. The third kappa shape index (κ3) is 3.56. The van der Waals surface area contributed by atoms with Gasteiger partial charge in [-0.1, -0.05) is 6.42 Å². The standard InChI is InChI=1S/C19H21N3O4/c23-18(20-14-6-7-16-17(11-14)26-9-8-25-16)12-22-19(24)10-13-4-2-1-3-5-15(13)21-22/h6-7,10-11H,1-5,8-9,12H2,(H,20,23). The second-order valence-electron chi connectivity index (χ2n) is 6.58. The summed E-state index contributed by atoms with van der Waals surface area (Å²) in [6, 6.07) is 6.86. The molecule has 4 rings (SSSR count). The van der Waals surface area contributed by atoms with Gasteiger partial charge in [-0.2, -0.15) is 5.10 Å². The molecule has 0 saturated carbocycles. The molecule has 7 nitrogen and oxygen atoms in total. The number of nitrogens with one attached hydrogen (secondary N) is 1. The van der Waals surface area contributed by atoms with Crippen molar-refractivity contribution in [3.8, 4) is 11.5 Å². The minimum absolute atomic E-state index is 0.111. The highest BCUT2D eigenvalue weighted by Crippen LogP contribution is 2.32. The van der Waals surface area contributed by atoms with Crippen molar-refractivity contribution in [3.63, 3.8) is 0 Å². The first-order valence-electron chi connectivity index (χ1n) is 8.98. The van der Waals surface area contributed by atoms with E-state index in [4.69, 9.17) is 9.47 Å². The van der Waals surface area contributed by atoms with Crippen LogP contribution in [0.4, 0.5) is 5.69 Å². The number of hydrogen-bond donors (Lipinski definition) is 1. The second kappa shape index (κ2) is 7.19. The lowest BCUT2D eigenvalue weighted by atomic mass is 10.1. The molecule has 1 aromatic carbocycles. The molecule has 0 bridgehead atoms. The van der Waals surface area contributed by atoms with E-state index in [2.05, 4.69) is 10.4 Å². The number of fused-ring (bicyclic) bond motifs is 2. The highest BCUT2D eigenvalue weighted by Gasteiger charge is 2.15. The van der Waals surface area contributed by atoms with E-state index >= 15 is 0 Å². The molecule has 0 unspecified atom stereocenters. The topological polar surface area (TPSA) is 82.5 Å². The van der Waals surface area contributed by atoms with E-state index in [0.29, 0.717) is 30.4 Å². The number of anilines is 1. The van der Waals surface area contributed by atoms with E-state index in [1.54, 1.807) is 24.3 Å². The number of hydrogen-bond acceptors (Lipinski definition) is 5. The smallest absolute Gasteiger partial charge is 0.267 e. The fraction of sp³-hybridized carbons (Fsp3) is 0.421. The van der Waals surface area contributed by atoms with Crippen LogP contribution in [0.2, 0.25) is 0 Å². The summed E-state index contributed by atoms with van der Waals surface area (Å²) in [6.07, 6.45) is 5.06. The molecule has 2 aliphatic rings. The molecule has 26 heavy (non-hydrogen) atoms. The average molecular weight is 355 g/mol. The van der Waals surface area contributed by atoms with Gasteiger partial charge in [0.2, 0.25) is 5.91 Å². The van der Waals surface area contributed by atoms with Gasteiger partial charge in [0, 0.05) is 17.8 Å². The predicted octanol–water partition coefficient (Wildman–Crippen LogP) is 1.92. The van der Waals surface area contributed by atoms with Crippen LogP contribution in [-0.4, -0.2) is 28.9 Å². The van der Waals surface area contributed by atoms with Gasteiger partial charge in [0.25, 0.3) is 5.56 Å². The van der Waals surface area contributed by atoms with Crippen molar-refractivity contribution in [1.29, 1.82) is 0 Å². The fourth-order valence-corrected chi connectivity index (χ4v) is 3.35. The van der Waals surface area contributed by atoms with Crippen molar-refractivity contribution in [1.82, 2.24) is 9.78 Å². The van der Waals surface area contributed by atoms with Crippen LogP contribution in [-0.2, 0) is 24.2 Å². The van der Waals surface area contributed by atoms with Gasteiger partial charge < -0.3 is 14.8 Å². The Balaban J connectivity index is 1.48. The van der Waals surface area contributed by atoms with Crippen molar-refractivity contribution < 1.29 is 14.3 Å². The zero-order valence-corrected chi connectivity index (χ0v) is 14.5. The number of nitrogens with zero attached hydrogens (tertiary/aromatic N) is 2. The Bertz CT molecular complexity index is 891. The number of carbonyl (C=O) groups excluding carboxylic acids is 1. The molecule has 0 atom stereocenters. The number of ether oxygens (including phenoxy) is 2. The Morgan fingerprint density at radius 1 is 1.08 bits per heavy atom. The summed E-state index contributed by atoms with van der Waals surface area (Å²) in [4.78, 5) is 24.6. The molecule has 1 N–H and O–H groups in total. The van der Waals surface area contributed by atoms with Crippen LogP contribution < -0.4 is 20.3 Å². The van der Waals surface area contributed by atoms with E-state index < -0.39 is 0 Å². The second-order valence-corrected chi connectivity index (χ2v) is 6.58. The Hall–Kier alpha value is -2.83. The molecule has 0 fully saturated rings. The van der Waals surface area contributed by atoms with Crippen LogP contribution in [0.3, 0.4) is 0 Å². The molecular weight excluding hydrogens is 334 g/mol. The van der Waals surface area contributed by atoms with Gasteiger partial charge in [-0.3, -0.25) is 9.59 Å². The highest BCUT2D eigenvalue weighted by atomic mass is 16.6. The molecule has 1 amide bonds. The first-order chi connectivity index (χ1) is 12.7. The summed E-state index contributed by atoms with van der Waals surface area (Å²) in [5, 5.41) is 7.21. The van der Waals surface area contributed by atoms with Gasteiger partial charge in [-0.15, -0.1) is 0 Å². The largest absolute Gasteiger partial charge is 0.486 e. The van der Waals surface area contributed by atoms with Gasteiger partial charge >= 0.3 is 0 Å². The maximum atomic E-state index is 12.4. The van der Waals surface area contributed by atoms with Crippen LogP contribution in [0.15, 0.2) is 29.1 Å². The van der Waals surface area contributed by atoms with Crippen molar-refractivity contribution in [2.75, 3.05) is 18.5 Å². The lowest BCUT2D eigenvalue weighted by Crippen LogP contribution is -2.30. The van der Waals surface area contributed by atoms with Crippen LogP contribution in [0.5, 0.6) is 11.5 Å². The molecule has 1 aliphatic carbocycles. The fourth-order valence-electron chi connectivity index (χ4n) is 3.35. The summed E-state index contributed by atoms with van der Waals surface area (Å²) < 4.78 is 12.2. The van der Waals surface area contributed by atoms with Gasteiger partial charge in [-0.25, -0.2) is 4.68 Å². The van der Waals surface area contributed by atoms with Crippen LogP contribution >= 0.6 is 0 Å². The molecule has 7 heteroatoms. The maximum absolute atomic E-state index is 12.4. The molecule has 0 spiro atoms. The molecule has 0 saturated heterocycles. The van der Waals surface area contributed by atoms with Crippen molar-refractivity contribution in [2.45, 2.75) is 38.6 Å². The molecule has 136 valence electrons. The monoisotopic (exact) mass is 355 g/mol. The van der Waals surface area contributed by atoms with Gasteiger partial charge in [0.15, 0.2) is 11.5 Å². The molecule has 1 aliphatic heterocycles. The van der Waals surface area contributed by atoms with Crippen molar-refractivity contribution in [2.24, 2.45) is 0 Å². The van der Waals surface area contributed by atoms with Crippen LogP contribution in [0.25, 0.3) is 0 Å². The Morgan fingerprint density at radius 3 is 2.77 bits per heavy atom. The number of aromatic nitrogens is 2. The van der Waals surface area contributed by atoms with Gasteiger partial charge in [0.05, 0.1) is 5.69 Å². The SMILES string of the molecule is O=C(Cn1nc2c(cc1=O)CCCCC2)Nc1ccc2c(c1)OCCO2. The number of benzene rings is 1. The lowest BCUT2D eigenvalue weighted by molar-refractivity contribution is -0.117. The molecular formula is C19H21N3O4. The number of aryl methyl sites for hydroxylation is 2. The third-order valence-electron chi connectivity index (χ3n) is 4.64. The average Bonchev–Trinajstić information content (AvgIpc) is 2.87. The summed E-state index contributed by atoms with van der Waals surface area (Å²) in [5.41, 5.74) is 2.33. The number of rotatable bonds is 3. The normalized spacial score (nSPS) is 15.7. The maximum Gasteiger partial charge on any atom is 0.267 e.